The number of methoxy groups -OCH3 is 1. The van der Waals surface area contributed by atoms with Crippen molar-refractivity contribution in [3.05, 3.63) is 6.92 Å². The van der Waals surface area contributed by atoms with Gasteiger partial charge in [0.1, 0.15) is 0 Å². The molecule has 0 rings (SSSR count). The molecule has 0 heterocycles. The fourth-order valence-electron chi connectivity index (χ4n) is 0.240. The lowest BCUT2D eigenvalue weighted by molar-refractivity contribution is 0.137. The van der Waals surface area contributed by atoms with Gasteiger partial charge in [-0.15, -0.1) is 0 Å². The Kier molecular flexibility index (Phi) is 5.32. The molecule has 1 radical (unpaired) electrons. The van der Waals surface area contributed by atoms with Crippen molar-refractivity contribution < 1.29 is 4.74 Å². The Morgan fingerprint density at radius 2 is 2.43 bits per heavy atom. The predicted molar refractivity (Wildman–Crippen MR) is 39.7 cm³/mol. The van der Waals surface area contributed by atoms with Crippen LogP contribution in [-0.2, 0) is 4.74 Å². The second-order valence-electron chi connectivity index (χ2n) is 1.34. The summed E-state index contributed by atoms with van der Waals surface area (Å²) in [6, 6.07) is 0. The summed E-state index contributed by atoms with van der Waals surface area (Å²) in [7, 11) is 1.68. The van der Waals surface area contributed by atoms with Gasteiger partial charge in [0.2, 0.25) is 0 Å². The highest BCUT2D eigenvalue weighted by atomic mass is 127. The number of ether oxygens (including phenoxy) is 1. The van der Waals surface area contributed by atoms with Gasteiger partial charge in [0, 0.05) is 11.5 Å². The van der Waals surface area contributed by atoms with Crippen molar-refractivity contribution in [3.63, 3.8) is 0 Å². The highest BCUT2D eigenvalue weighted by molar-refractivity contribution is 14.1. The first-order valence-electron chi connectivity index (χ1n) is 2.23. The number of hydrogen-bond acceptors (Lipinski definition) is 1. The van der Waals surface area contributed by atoms with E-state index in [2.05, 4.69) is 29.5 Å². The van der Waals surface area contributed by atoms with Crippen LogP contribution in [0.25, 0.3) is 0 Å². The van der Waals surface area contributed by atoms with Crippen molar-refractivity contribution in [1.82, 2.24) is 0 Å². The smallest absolute Gasteiger partial charge is 0.0579 e. The Bertz CT molecular complexity index is 39.1. The zero-order chi connectivity index (χ0) is 5.70. The van der Waals surface area contributed by atoms with Gasteiger partial charge in [0.15, 0.2) is 0 Å². The summed E-state index contributed by atoms with van der Waals surface area (Å²) in [6.07, 6.45) is 1.24. The maximum absolute atomic E-state index is 4.87. The molecule has 0 aliphatic carbocycles. The van der Waals surface area contributed by atoms with E-state index < -0.39 is 0 Å². The van der Waals surface area contributed by atoms with Crippen LogP contribution in [0.1, 0.15) is 6.42 Å². The van der Waals surface area contributed by atoms with Crippen LogP contribution in [-0.4, -0.2) is 17.6 Å². The molecular weight excluding hydrogens is 203 g/mol. The number of rotatable bonds is 3. The first-order valence-corrected chi connectivity index (χ1v) is 3.75. The van der Waals surface area contributed by atoms with E-state index in [9.17, 15) is 0 Å². The van der Waals surface area contributed by atoms with Crippen molar-refractivity contribution in [2.24, 2.45) is 0 Å². The lowest BCUT2D eigenvalue weighted by Crippen LogP contribution is -2.04. The minimum atomic E-state index is 0.192. The number of alkyl halides is 1. The van der Waals surface area contributed by atoms with E-state index in [1.165, 1.54) is 0 Å². The van der Waals surface area contributed by atoms with Crippen LogP contribution in [0.3, 0.4) is 0 Å². The third-order valence-electron chi connectivity index (χ3n) is 0.764. The average molecular weight is 213 g/mol. The normalized spacial score (nSPS) is 14.1. The Balaban J connectivity index is 2.83. The quantitative estimate of drug-likeness (QED) is 0.511. The summed E-state index contributed by atoms with van der Waals surface area (Å²) >= 11 is 2.31. The lowest BCUT2D eigenvalue weighted by Gasteiger charge is -2.03. The van der Waals surface area contributed by atoms with Gasteiger partial charge in [-0.1, -0.05) is 22.6 Å². The van der Waals surface area contributed by atoms with E-state index >= 15 is 0 Å². The molecular formula is C5H10IO. The second-order valence-corrected chi connectivity index (χ2v) is 2.41. The zero-order valence-electron chi connectivity index (χ0n) is 4.48. The largest absolute Gasteiger partial charge is 0.381 e. The molecule has 0 bridgehead atoms. The van der Waals surface area contributed by atoms with Crippen molar-refractivity contribution in [1.29, 1.82) is 0 Å². The molecule has 0 N–H and O–H groups in total. The highest BCUT2D eigenvalue weighted by Crippen LogP contribution is 1.96. The lowest BCUT2D eigenvalue weighted by atomic mass is 10.3. The second kappa shape index (κ2) is 4.84. The van der Waals surface area contributed by atoms with Crippen molar-refractivity contribution in [2.75, 3.05) is 11.5 Å². The molecule has 1 nitrogen and oxygen atoms in total. The molecule has 1 unspecified atom stereocenters. The molecule has 0 saturated heterocycles. The first-order chi connectivity index (χ1) is 3.31. The van der Waals surface area contributed by atoms with Gasteiger partial charge in [-0.05, 0) is 13.3 Å². The average Bonchev–Trinajstić information content (AvgIpc) is 1.68. The van der Waals surface area contributed by atoms with E-state index in [1.54, 1.807) is 7.11 Å². The summed E-state index contributed by atoms with van der Waals surface area (Å²) in [5, 5.41) is 0. The van der Waals surface area contributed by atoms with Crippen molar-refractivity contribution in [3.8, 4) is 0 Å². The molecule has 0 saturated carbocycles. The maximum atomic E-state index is 4.87. The summed E-state index contributed by atoms with van der Waals surface area (Å²) in [6.45, 7) is 3.72. The van der Waals surface area contributed by atoms with Crippen molar-refractivity contribution in [2.45, 2.75) is 12.5 Å². The molecule has 0 aliphatic heterocycles. The third kappa shape index (κ3) is 4.55. The van der Waals surface area contributed by atoms with Crippen LogP contribution in [0, 0.1) is 6.92 Å². The predicted octanol–water partition coefficient (Wildman–Crippen LogP) is 1.66. The zero-order valence-corrected chi connectivity index (χ0v) is 6.64. The number of halogens is 1. The molecule has 0 aliphatic rings. The highest BCUT2D eigenvalue weighted by Gasteiger charge is 1.93. The minimum absolute atomic E-state index is 0.192. The Hall–Kier alpha value is 0.690. The molecule has 43 valence electrons. The van der Waals surface area contributed by atoms with Crippen LogP contribution in [0.4, 0.5) is 0 Å². The van der Waals surface area contributed by atoms with Gasteiger partial charge in [0.25, 0.3) is 0 Å². The molecule has 0 aromatic heterocycles. The monoisotopic (exact) mass is 213 g/mol. The van der Waals surface area contributed by atoms with Gasteiger partial charge >= 0.3 is 0 Å². The van der Waals surface area contributed by atoms with Crippen LogP contribution in [0.15, 0.2) is 0 Å². The van der Waals surface area contributed by atoms with Crippen LogP contribution in [0.2, 0.25) is 0 Å². The summed E-state index contributed by atoms with van der Waals surface area (Å²) in [4.78, 5) is 0. The summed E-state index contributed by atoms with van der Waals surface area (Å²) in [5.41, 5.74) is 0. The molecule has 0 fully saturated rings. The topological polar surface area (TPSA) is 9.23 Å². The van der Waals surface area contributed by atoms with E-state index in [4.69, 9.17) is 4.74 Å². The molecule has 1 atom stereocenters. The third-order valence-corrected chi connectivity index (χ3v) is 1.39. The Morgan fingerprint density at radius 3 is 2.57 bits per heavy atom. The van der Waals surface area contributed by atoms with Gasteiger partial charge in [0.05, 0.1) is 6.10 Å². The SMILES string of the molecule is [CH2]C(CCI)OC. The molecule has 0 amide bonds. The number of hydrogen-bond donors (Lipinski definition) is 0. The summed E-state index contributed by atoms with van der Waals surface area (Å²) in [5.74, 6) is 0. The Labute approximate surface area is 58.6 Å². The first kappa shape index (κ1) is 7.69. The van der Waals surface area contributed by atoms with Gasteiger partial charge in [-0.25, -0.2) is 0 Å². The van der Waals surface area contributed by atoms with E-state index in [-0.39, 0.29) is 6.10 Å². The van der Waals surface area contributed by atoms with Crippen LogP contribution < -0.4 is 0 Å². The standard InChI is InChI=1S/C5H10IO/c1-5(7-2)3-4-6/h5H,1,3-4H2,2H3. The fourth-order valence-corrected chi connectivity index (χ4v) is 0.934. The molecule has 0 aromatic rings. The fraction of sp³-hybridized carbons (Fsp3) is 0.800. The summed E-state index contributed by atoms with van der Waals surface area (Å²) < 4.78 is 6.00. The van der Waals surface area contributed by atoms with Gasteiger partial charge in [-0.2, -0.15) is 0 Å². The van der Waals surface area contributed by atoms with Crippen LogP contribution >= 0.6 is 22.6 Å². The van der Waals surface area contributed by atoms with E-state index in [1.807, 2.05) is 0 Å². The van der Waals surface area contributed by atoms with Crippen molar-refractivity contribution >= 4 is 22.6 Å². The minimum Gasteiger partial charge on any atom is -0.381 e. The molecule has 0 aromatic carbocycles. The van der Waals surface area contributed by atoms with Crippen LogP contribution in [0.5, 0.6) is 0 Å². The van der Waals surface area contributed by atoms with E-state index in [0.717, 1.165) is 10.8 Å². The van der Waals surface area contributed by atoms with Gasteiger partial charge < -0.3 is 4.74 Å². The Morgan fingerprint density at radius 1 is 1.86 bits per heavy atom. The molecule has 0 spiro atoms. The van der Waals surface area contributed by atoms with E-state index in [0.29, 0.717) is 0 Å². The molecule has 2 heteroatoms. The van der Waals surface area contributed by atoms with Gasteiger partial charge in [-0.3, -0.25) is 0 Å². The maximum Gasteiger partial charge on any atom is 0.0579 e. The molecule has 7 heavy (non-hydrogen) atoms.